The van der Waals surface area contributed by atoms with E-state index in [1.807, 2.05) is 48.3 Å². The van der Waals surface area contributed by atoms with Gasteiger partial charge >= 0.3 is 5.97 Å². The number of nitrogens with one attached hydrogen (secondary N) is 1. The molecule has 0 radical (unpaired) electrons. The Morgan fingerprint density at radius 1 is 1.07 bits per heavy atom. The fraction of sp³-hybridized carbons (Fsp3) is 0.190. The molecule has 6 nitrogen and oxygen atoms in total. The summed E-state index contributed by atoms with van der Waals surface area (Å²) < 4.78 is 5.11. The number of nitrogens with zero attached hydrogens (tertiary/aromatic N) is 3. The first-order valence-electron chi connectivity index (χ1n) is 8.77. The molecule has 0 bridgehead atoms. The molecule has 1 heterocycles. The average Bonchev–Trinajstić information content (AvgIpc) is 2.69. The van der Waals surface area contributed by atoms with Gasteiger partial charge in [0.05, 0.1) is 17.9 Å². The van der Waals surface area contributed by atoms with Crippen molar-refractivity contribution in [2.45, 2.75) is 13.5 Å². The maximum atomic E-state index is 12.1. The van der Waals surface area contributed by atoms with Crippen molar-refractivity contribution >= 4 is 23.3 Å². The third-order valence-corrected chi connectivity index (χ3v) is 3.99. The van der Waals surface area contributed by atoms with Gasteiger partial charge in [0, 0.05) is 19.7 Å². The standard InChI is InChI=1S/C21H22N4O2/c1-3-27-21(26)17-11-7-8-12-18(17)24-19-13-20(23-15-22-19)25(2)14-16-9-5-4-6-10-16/h4-13,15H,3,14H2,1-2H3,(H,22,23,24). The average molecular weight is 362 g/mol. The molecule has 3 aromatic rings. The van der Waals surface area contributed by atoms with Gasteiger partial charge in [0.1, 0.15) is 18.0 Å². The molecular weight excluding hydrogens is 340 g/mol. The first-order valence-corrected chi connectivity index (χ1v) is 8.77. The van der Waals surface area contributed by atoms with Gasteiger partial charge in [-0.1, -0.05) is 42.5 Å². The summed E-state index contributed by atoms with van der Waals surface area (Å²) in [5, 5.41) is 3.19. The fourth-order valence-corrected chi connectivity index (χ4v) is 2.68. The zero-order chi connectivity index (χ0) is 19.1. The summed E-state index contributed by atoms with van der Waals surface area (Å²) in [5.74, 6) is 1.03. The van der Waals surface area contributed by atoms with Crippen LogP contribution in [0.2, 0.25) is 0 Å². The summed E-state index contributed by atoms with van der Waals surface area (Å²) in [6.07, 6.45) is 1.51. The zero-order valence-corrected chi connectivity index (χ0v) is 15.4. The van der Waals surface area contributed by atoms with Gasteiger partial charge in [-0.2, -0.15) is 0 Å². The number of ether oxygens (including phenoxy) is 1. The van der Waals surface area contributed by atoms with Crippen LogP contribution in [0.15, 0.2) is 67.0 Å². The van der Waals surface area contributed by atoms with E-state index >= 15 is 0 Å². The monoisotopic (exact) mass is 362 g/mol. The predicted molar refractivity (Wildman–Crippen MR) is 106 cm³/mol. The molecule has 1 N–H and O–H groups in total. The Hall–Kier alpha value is -3.41. The van der Waals surface area contributed by atoms with E-state index in [1.165, 1.54) is 11.9 Å². The maximum absolute atomic E-state index is 12.1. The van der Waals surface area contributed by atoms with E-state index in [1.54, 1.807) is 19.1 Å². The molecule has 1 aromatic heterocycles. The highest BCUT2D eigenvalue weighted by Crippen LogP contribution is 2.22. The first kappa shape index (κ1) is 18.4. The topological polar surface area (TPSA) is 67.3 Å². The highest BCUT2D eigenvalue weighted by atomic mass is 16.5. The van der Waals surface area contributed by atoms with Gasteiger partial charge in [0.15, 0.2) is 0 Å². The van der Waals surface area contributed by atoms with Crippen molar-refractivity contribution in [3.8, 4) is 0 Å². The molecule has 2 aromatic carbocycles. The molecule has 0 aliphatic carbocycles. The molecule has 0 aliphatic heterocycles. The predicted octanol–water partition coefficient (Wildman–Crippen LogP) is 4.03. The highest BCUT2D eigenvalue weighted by Gasteiger charge is 2.13. The second-order valence-corrected chi connectivity index (χ2v) is 5.99. The number of carbonyl (C=O) groups excluding carboxylic acids is 1. The van der Waals surface area contributed by atoms with Crippen LogP contribution < -0.4 is 10.2 Å². The van der Waals surface area contributed by atoms with E-state index in [9.17, 15) is 4.79 Å². The smallest absolute Gasteiger partial charge is 0.340 e. The van der Waals surface area contributed by atoms with Crippen LogP contribution >= 0.6 is 0 Å². The van der Waals surface area contributed by atoms with E-state index in [2.05, 4.69) is 27.4 Å². The number of hydrogen-bond acceptors (Lipinski definition) is 6. The van der Waals surface area contributed by atoms with Gasteiger partial charge in [-0.3, -0.25) is 0 Å². The van der Waals surface area contributed by atoms with E-state index in [0.29, 0.717) is 23.7 Å². The van der Waals surface area contributed by atoms with Crippen molar-refractivity contribution in [1.29, 1.82) is 0 Å². The Labute approximate surface area is 158 Å². The Morgan fingerprint density at radius 2 is 1.81 bits per heavy atom. The van der Waals surface area contributed by atoms with Crippen LogP contribution in [0, 0.1) is 0 Å². The van der Waals surface area contributed by atoms with E-state index in [0.717, 1.165) is 12.4 Å². The summed E-state index contributed by atoms with van der Waals surface area (Å²) >= 11 is 0. The zero-order valence-electron chi connectivity index (χ0n) is 15.4. The minimum absolute atomic E-state index is 0.328. The number of aromatic nitrogens is 2. The molecule has 0 atom stereocenters. The van der Waals surface area contributed by atoms with Crippen LogP contribution in [0.25, 0.3) is 0 Å². The van der Waals surface area contributed by atoms with Crippen molar-refractivity contribution in [3.63, 3.8) is 0 Å². The van der Waals surface area contributed by atoms with Crippen molar-refractivity contribution in [3.05, 3.63) is 78.1 Å². The van der Waals surface area contributed by atoms with E-state index < -0.39 is 0 Å². The number of para-hydroxylation sites is 1. The van der Waals surface area contributed by atoms with Gasteiger partial charge in [0.2, 0.25) is 0 Å². The molecule has 27 heavy (non-hydrogen) atoms. The number of hydrogen-bond donors (Lipinski definition) is 1. The number of benzene rings is 2. The minimum Gasteiger partial charge on any atom is -0.462 e. The number of anilines is 3. The lowest BCUT2D eigenvalue weighted by molar-refractivity contribution is 0.0527. The van der Waals surface area contributed by atoms with Gasteiger partial charge in [0.25, 0.3) is 0 Å². The number of esters is 1. The summed E-state index contributed by atoms with van der Waals surface area (Å²) in [4.78, 5) is 22.8. The van der Waals surface area contributed by atoms with Gasteiger partial charge in [-0.05, 0) is 24.6 Å². The SMILES string of the molecule is CCOC(=O)c1ccccc1Nc1cc(N(C)Cc2ccccc2)ncn1. The molecule has 0 saturated carbocycles. The minimum atomic E-state index is -0.365. The normalized spacial score (nSPS) is 10.3. The third kappa shape index (κ3) is 4.82. The quantitative estimate of drug-likeness (QED) is 0.640. The lowest BCUT2D eigenvalue weighted by Gasteiger charge is -2.19. The Bertz CT molecular complexity index is 899. The van der Waals surface area contributed by atoms with Crippen LogP contribution in [-0.2, 0) is 11.3 Å². The van der Waals surface area contributed by atoms with Crippen LogP contribution in [-0.4, -0.2) is 29.6 Å². The van der Waals surface area contributed by atoms with Crippen molar-refractivity contribution in [2.75, 3.05) is 23.9 Å². The van der Waals surface area contributed by atoms with Crippen LogP contribution in [0.4, 0.5) is 17.3 Å². The van der Waals surface area contributed by atoms with E-state index in [-0.39, 0.29) is 5.97 Å². The molecule has 0 saturated heterocycles. The molecule has 0 amide bonds. The van der Waals surface area contributed by atoms with Gasteiger partial charge in [-0.15, -0.1) is 0 Å². The largest absolute Gasteiger partial charge is 0.462 e. The summed E-state index contributed by atoms with van der Waals surface area (Å²) in [6.45, 7) is 2.85. The Morgan fingerprint density at radius 3 is 2.59 bits per heavy atom. The number of rotatable bonds is 7. The van der Waals surface area contributed by atoms with Crippen LogP contribution in [0.1, 0.15) is 22.8 Å². The molecule has 3 rings (SSSR count). The van der Waals surface area contributed by atoms with Crippen molar-refractivity contribution < 1.29 is 9.53 Å². The van der Waals surface area contributed by atoms with Crippen molar-refractivity contribution in [1.82, 2.24) is 9.97 Å². The molecule has 138 valence electrons. The van der Waals surface area contributed by atoms with Crippen LogP contribution in [0.5, 0.6) is 0 Å². The number of carbonyl (C=O) groups is 1. The second kappa shape index (κ2) is 8.80. The third-order valence-electron chi connectivity index (χ3n) is 3.99. The molecule has 0 fully saturated rings. The first-order chi connectivity index (χ1) is 13.2. The lowest BCUT2D eigenvalue weighted by atomic mass is 10.2. The van der Waals surface area contributed by atoms with Crippen LogP contribution in [0.3, 0.4) is 0 Å². The highest BCUT2D eigenvalue weighted by molar-refractivity contribution is 5.96. The second-order valence-electron chi connectivity index (χ2n) is 5.99. The molecule has 0 spiro atoms. The maximum Gasteiger partial charge on any atom is 0.340 e. The molecule has 0 aliphatic rings. The molecular formula is C21H22N4O2. The summed E-state index contributed by atoms with van der Waals surface area (Å²) in [7, 11) is 1.98. The Balaban J connectivity index is 1.78. The van der Waals surface area contributed by atoms with Crippen molar-refractivity contribution in [2.24, 2.45) is 0 Å². The molecule has 0 unspecified atom stereocenters. The van der Waals surface area contributed by atoms with Gasteiger partial charge < -0.3 is 15.0 Å². The lowest BCUT2D eigenvalue weighted by Crippen LogP contribution is -2.18. The fourth-order valence-electron chi connectivity index (χ4n) is 2.68. The van der Waals surface area contributed by atoms with Gasteiger partial charge in [-0.25, -0.2) is 14.8 Å². The van der Waals surface area contributed by atoms with E-state index in [4.69, 9.17) is 4.74 Å². The molecule has 6 heteroatoms. The Kier molecular flexibility index (Phi) is 5.99. The summed E-state index contributed by atoms with van der Waals surface area (Å²) in [5.41, 5.74) is 2.31. The summed E-state index contributed by atoms with van der Waals surface area (Å²) in [6, 6.07) is 19.2.